The van der Waals surface area contributed by atoms with Crippen LogP contribution in [0, 0.1) is 5.92 Å². The van der Waals surface area contributed by atoms with Gasteiger partial charge in [0.25, 0.3) is 5.91 Å². The number of nitrogens with one attached hydrogen (secondary N) is 3. The second kappa shape index (κ2) is 11.4. The summed E-state index contributed by atoms with van der Waals surface area (Å²) in [5, 5.41) is 9.36. The Hall–Kier alpha value is -1.84. The smallest absolute Gasteiger partial charge is 0.251 e. The van der Waals surface area contributed by atoms with Gasteiger partial charge in [-0.05, 0) is 37.0 Å². The van der Waals surface area contributed by atoms with E-state index in [1.807, 2.05) is 23.1 Å². The Kier molecular flexibility index (Phi) is 9.19. The lowest BCUT2D eigenvalue weighted by Gasteiger charge is -2.21. The van der Waals surface area contributed by atoms with Crippen LogP contribution in [-0.2, 0) is 11.3 Å². The number of carbonyl (C=O) groups is 2. The number of aliphatic imine (C=N–C) groups is 1. The van der Waals surface area contributed by atoms with E-state index in [0.29, 0.717) is 24.0 Å². The summed E-state index contributed by atoms with van der Waals surface area (Å²) in [5.74, 6) is 1.19. The van der Waals surface area contributed by atoms with Crippen molar-refractivity contribution in [3.63, 3.8) is 0 Å². The third-order valence-corrected chi connectivity index (χ3v) is 5.64. The number of likely N-dealkylation sites (tertiary alicyclic amines) is 1. The molecule has 1 aliphatic carbocycles. The van der Waals surface area contributed by atoms with Crippen LogP contribution in [0.15, 0.2) is 29.3 Å². The van der Waals surface area contributed by atoms with Crippen molar-refractivity contribution in [2.24, 2.45) is 10.9 Å². The number of hydrogen-bond acceptors (Lipinski definition) is 3. The maximum Gasteiger partial charge on any atom is 0.251 e. The van der Waals surface area contributed by atoms with Crippen molar-refractivity contribution in [3.8, 4) is 0 Å². The molecule has 0 spiro atoms. The van der Waals surface area contributed by atoms with Gasteiger partial charge in [-0.3, -0.25) is 14.6 Å². The van der Waals surface area contributed by atoms with Gasteiger partial charge in [0.1, 0.15) is 0 Å². The quantitative estimate of drug-likeness (QED) is 0.320. The minimum absolute atomic E-state index is 0. The zero-order valence-corrected chi connectivity index (χ0v) is 19.6. The molecule has 3 rings (SSSR count). The molecule has 1 aromatic carbocycles. The van der Waals surface area contributed by atoms with Crippen LogP contribution in [0.3, 0.4) is 0 Å². The molecule has 0 aromatic heterocycles. The van der Waals surface area contributed by atoms with E-state index in [4.69, 9.17) is 0 Å². The SMILES string of the molecule is CN=C(NCc1cccc(C(=O)NC)c1)NC1CCN(C(=O)C2CCCC2)C1.I. The predicted octanol–water partition coefficient (Wildman–Crippen LogP) is 2.12. The summed E-state index contributed by atoms with van der Waals surface area (Å²) < 4.78 is 0. The number of amides is 2. The molecule has 0 radical (unpaired) electrons. The van der Waals surface area contributed by atoms with E-state index in [1.54, 1.807) is 20.2 Å². The molecule has 3 N–H and O–H groups in total. The minimum atomic E-state index is -0.0951. The first-order valence-electron chi connectivity index (χ1n) is 10.2. The highest BCUT2D eigenvalue weighted by Crippen LogP contribution is 2.27. The molecule has 1 atom stereocenters. The monoisotopic (exact) mass is 513 g/mol. The minimum Gasteiger partial charge on any atom is -0.355 e. The first-order chi connectivity index (χ1) is 13.6. The van der Waals surface area contributed by atoms with Crippen molar-refractivity contribution in [1.29, 1.82) is 0 Å². The van der Waals surface area contributed by atoms with Gasteiger partial charge in [0.15, 0.2) is 5.96 Å². The fraction of sp³-hybridized carbons (Fsp3) is 0.571. The summed E-state index contributed by atoms with van der Waals surface area (Å²) in [6, 6.07) is 7.74. The molecule has 2 amide bonds. The van der Waals surface area contributed by atoms with Crippen molar-refractivity contribution in [2.45, 2.75) is 44.7 Å². The molecule has 2 fully saturated rings. The summed E-state index contributed by atoms with van der Waals surface area (Å²) in [6.07, 6.45) is 5.40. The third kappa shape index (κ3) is 6.32. The van der Waals surface area contributed by atoms with Gasteiger partial charge in [-0.2, -0.15) is 0 Å². The van der Waals surface area contributed by atoms with Crippen molar-refractivity contribution in [3.05, 3.63) is 35.4 Å². The molecule has 1 aliphatic heterocycles. The molecule has 160 valence electrons. The van der Waals surface area contributed by atoms with Crippen LogP contribution < -0.4 is 16.0 Å². The Bertz CT molecular complexity index is 734. The van der Waals surface area contributed by atoms with Gasteiger partial charge in [-0.15, -0.1) is 24.0 Å². The van der Waals surface area contributed by atoms with Crippen LogP contribution in [0.1, 0.15) is 48.0 Å². The zero-order valence-electron chi connectivity index (χ0n) is 17.2. The standard InChI is InChI=1S/C21H31N5O2.HI/c1-22-19(27)17-9-5-6-15(12-17)13-24-21(23-2)25-18-10-11-26(14-18)20(28)16-7-3-4-8-16;/h5-6,9,12,16,18H,3-4,7-8,10-11,13-14H2,1-2H3,(H,22,27)(H2,23,24,25);1H. The number of hydrogen-bond donors (Lipinski definition) is 3. The molecular weight excluding hydrogens is 481 g/mol. The molecule has 1 unspecified atom stereocenters. The fourth-order valence-corrected chi connectivity index (χ4v) is 4.05. The second-order valence-corrected chi connectivity index (χ2v) is 7.60. The molecule has 1 heterocycles. The molecule has 8 heteroatoms. The third-order valence-electron chi connectivity index (χ3n) is 5.64. The first-order valence-corrected chi connectivity index (χ1v) is 10.2. The van der Waals surface area contributed by atoms with E-state index >= 15 is 0 Å². The van der Waals surface area contributed by atoms with E-state index in [2.05, 4.69) is 20.9 Å². The Morgan fingerprint density at radius 1 is 1.21 bits per heavy atom. The van der Waals surface area contributed by atoms with Crippen LogP contribution >= 0.6 is 24.0 Å². The van der Waals surface area contributed by atoms with Gasteiger partial charge in [0.2, 0.25) is 5.91 Å². The van der Waals surface area contributed by atoms with Crippen molar-refractivity contribution in [1.82, 2.24) is 20.9 Å². The summed E-state index contributed by atoms with van der Waals surface area (Å²) >= 11 is 0. The Morgan fingerprint density at radius 2 is 1.97 bits per heavy atom. The molecule has 0 bridgehead atoms. The van der Waals surface area contributed by atoms with Gasteiger partial charge in [-0.1, -0.05) is 25.0 Å². The lowest BCUT2D eigenvalue weighted by Crippen LogP contribution is -2.45. The summed E-state index contributed by atoms with van der Waals surface area (Å²) in [5.41, 5.74) is 1.65. The van der Waals surface area contributed by atoms with E-state index < -0.39 is 0 Å². The van der Waals surface area contributed by atoms with Crippen LogP contribution in [-0.4, -0.2) is 55.9 Å². The van der Waals surface area contributed by atoms with E-state index in [1.165, 1.54) is 12.8 Å². The summed E-state index contributed by atoms with van der Waals surface area (Å²) in [7, 11) is 3.37. The summed E-state index contributed by atoms with van der Waals surface area (Å²) in [4.78, 5) is 30.7. The van der Waals surface area contributed by atoms with E-state index in [9.17, 15) is 9.59 Å². The van der Waals surface area contributed by atoms with E-state index in [-0.39, 0.29) is 41.8 Å². The van der Waals surface area contributed by atoms with Gasteiger partial charge >= 0.3 is 0 Å². The molecule has 1 saturated carbocycles. The van der Waals surface area contributed by atoms with Gasteiger partial charge in [-0.25, -0.2) is 0 Å². The van der Waals surface area contributed by atoms with Crippen molar-refractivity contribution in [2.75, 3.05) is 27.2 Å². The van der Waals surface area contributed by atoms with Crippen LogP contribution in [0.25, 0.3) is 0 Å². The number of rotatable bonds is 5. The van der Waals surface area contributed by atoms with E-state index in [0.717, 1.165) is 37.9 Å². The average Bonchev–Trinajstić information content (AvgIpc) is 3.42. The Labute approximate surface area is 190 Å². The molecule has 2 aliphatic rings. The normalized spacial score (nSPS) is 19.6. The maximum absolute atomic E-state index is 12.6. The highest BCUT2D eigenvalue weighted by molar-refractivity contribution is 14.0. The fourth-order valence-electron chi connectivity index (χ4n) is 4.05. The maximum atomic E-state index is 12.6. The topological polar surface area (TPSA) is 85.8 Å². The van der Waals surface area contributed by atoms with Gasteiger partial charge < -0.3 is 20.9 Å². The largest absolute Gasteiger partial charge is 0.355 e. The molecular formula is C21H32IN5O2. The molecule has 29 heavy (non-hydrogen) atoms. The number of nitrogens with zero attached hydrogens (tertiary/aromatic N) is 2. The number of guanidine groups is 1. The zero-order chi connectivity index (χ0) is 19.9. The number of benzene rings is 1. The van der Waals surface area contributed by atoms with Crippen LogP contribution in [0.5, 0.6) is 0 Å². The highest BCUT2D eigenvalue weighted by Gasteiger charge is 2.32. The number of halogens is 1. The Morgan fingerprint density at radius 3 is 2.66 bits per heavy atom. The van der Waals surface area contributed by atoms with Gasteiger partial charge in [0, 0.05) is 51.3 Å². The first kappa shape index (κ1) is 23.4. The Balaban J connectivity index is 0.00000300. The van der Waals surface area contributed by atoms with Crippen LogP contribution in [0.4, 0.5) is 0 Å². The molecule has 1 saturated heterocycles. The highest BCUT2D eigenvalue weighted by atomic mass is 127. The van der Waals surface area contributed by atoms with Crippen molar-refractivity contribution < 1.29 is 9.59 Å². The molecule has 7 nitrogen and oxygen atoms in total. The second-order valence-electron chi connectivity index (χ2n) is 7.60. The average molecular weight is 513 g/mol. The number of carbonyl (C=O) groups excluding carboxylic acids is 2. The van der Waals surface area contributed by atoms with Crippen LogP contribution in [0.2, 0.25) is 0 Å². The molecule has 1 aromatic rings. The lowest BCUT2D eigenvalue weighted by molar-refractivity contribution is -0.134. The van der Waals surface area contributed by atoms with Crippen molar-refractivity contribution >= 4 is 41.8 Å². The predicted molar refractivity (Wildman–Crippen MR) is 126 cm³/mol. The summed E-state index contributed by atoms with van der Waals surface area (Å²) in [6.45, 7) is 2.13. The van der Waals surface area contributed by atoms with Gasteiger partial charge in [0.05, 0.1) is 0 Å². The lowest BCUT2D eigenvalue weighted by atomic mass is 10.1.